The van der Waals surface area contributed by atoms with Crippen LogP contribution in [-0.4, -0.2) is 47.7 Å². The Hall–Kier alpha value is -3.54. The highest BCUT2D eigenvalue weighted by Gasteiger charge is 2.42. The molecule has 0 aliphatic heterocycles. The lowest BCUT2D eigenvalue weighted by molar-refractivity contribution is 0.00368. The van der Waals surface area contributed by atoms with Gasteiger partial charge < -0.3 is 14.7 Å². The van der Waals surface area contributed by atoms with Gasteiger partial charge in [0, 0.05) is 42.2 Å². The fraction of sp³-hybridized carbons (Fsp3) is 0.241. The van der Waals surface area contributed by atoms with Gasteiger partial charge in [0.1, 0.15) is 5.60 Å². The molecule has 1 N–H and O–H groups in total. The highest BCUT2D eigenvalue weighted by Crippen LogP contribution is 2.47. The van der Waals surface area contributed by atoms with E-state index in [0.29, 0.717) is 18.8 Å². The summed E-state index contributed by atoms with van der Waals surface area (Å²) >= 11 is 0. The number of hydrogen-bond acceptors (Lipinski definition) is 5. The van der Waals surface area contributed by atoms with E-state index in [4.69, 9.17) is 4.74 Å². The molecule has 174 valence electrons. The molecule has 0 radical (unpaired) electrons. The first-order valence-corrected chi connectivity index (χ1v) is 11.4. The number of rotatable bonds is 9. The van der Waals surface area contributed by atoms with Crippen LogP contribution in [0.25, 0.3) is 11.1 Å². The smallest absolute Gasteiger partial charge is 0.217 e. The molecule has 34 heavy (non-hydrogen) atoms. The van der Waals surface area contributed by atoms with Crippen molar-refractivity contribution in [3.8, 4) is 17.0 Å². The van der Waals surface area contributed by atoms with Crippen molar-refractivity contribution in [2.75, 3.05) is 27.7 Å². The number of ether oxygens (including phenoxy) is 1. The van der Waals surface area contributed by atoms with E-state index in [9.17, 15) is 5.11 Å². The SMILES string of the molecule is COc1ncc(-c2ccccc2)cc1C(c1cccnc1)C(O)(CCN(C)C)c1ccccc1. The van der Waals surface area contributed by atoms with E-state index in [2.05, 4.69) is 33.1 Å². The summed E-state index contributed by atoms with van der Waals surface area (Å²) in [5, 5.41) is 12.5. The minimum absolute atomic E-state index is 0.449. The Morgan fingerprint density at radius 2 is 1.62 bits per heavy atom. The van der Waals surface area contributed by atoms with E-state index < -0.39 is 11.5 Å². The standard InChI is InChI=1S/C29H31N3O2/c1-32(2)18-16-29(33,25-14-8-5-9-15-25)27(23-13-10-17-30-20-23)26-19-24(21-31-28(26)34-3)22-11-6-4-7-12-22/h4-15,17,19-21,27,33H,16,18H2,1-3H3. The van der Waals surface area contributed by atoms with Crippen LogP contribution < -0.4 is 4.74 Å². The lowest BCUT2D eigenvalue weighted by Gasteiger charge is -2.38. The monoisotopic (exact) mass is 453 g/mol. The molecule has 4 aromatic rings. The largest absolute Gasteiger partial charge is 0.481 e. The van der Waals surface area contributed by atoms with Gasteiger partial charge in [0.05, 0.1) is 7.11 Å². The first-order chi connectivity index (χ1) is 16.5. The highest BCUT2D eigenvalue weighted by molar-refractivity contribution is 5.65. The third kappa shape index (κ3) is 5.01. The fourth-order valence-corrected chi connectivity index (χ4v) is 4.47. The molecule has 5 nitrogen and oxygen atoms in total. The zero-order valence-corrected chi connectivity index (χ0v) is 19.9. The third-order valence-electron chi connectivity index (χ3n) is 6.20. The first-order valence-electron chi connectivity index (χ1n) is 11.4. The molecule has 2 heterocycles. The van der Waals surface area contributed by atoms with E-state index in [1.165, 1.54) is 0 Å². The molecule has 2 unspecified atom stereocenters. The number of aromatic nitrogens is 2. The summed E-state index contributed by atoms with van der Waals surface area (Å²) in [4.78, 5) is 11.1. The molecule has 0 aliphatic carbocycles. The van der Waals surface area contributed by atoms with Gasteiger partial charge in [-0.15, -0.1) is 0 Å². The Labute approximate surface area is 201 Å². The normalized spacial score (nSPS) is 13.9. The van der Waals surface area contributed by atoms with Crippen LogP contribution in [0.4, 0.5) is 0 Å². The second kappa shape index (κ2) is 10.6. The van der Waals surface area contributed by atoms with Crippen LogP contribution >= 0.6 is 0 Å². The lowest BCUT2D eigenvalue weighted by atomic mass is 9.72. The minimum Gasteiger partial charge on any atom is -0.481 e. The summed E-state index contributed by atoms with van der Waals surface area (Å²) in [5.41, 5.74) is 3.37. The zero-order valence-electron chi connectivity index (χ0n) is 19.9. The van der Waals surface area contributed by atoms with Gasteiger partial charge in [-0.1, -0.05) is 66.7 Å². The Kier molecular flexibility index (Phi) is 7.36. The van der Waals surface area contributed by atoms with Crippen molar-refractivity contribution < 1.29 is 9.84 Å². The van der Waals surface area contributed by atoms with Gasteiger partial charge in [-0.2, -0.15) is 0 Å². The Balaban J connectivity index is 1.96. The molecule has 0 amide bonds. The predicted molar refractivity (Wildman–Crippen MR) is 136 cm³/mol. The molecular weight excluding hydrogens is 422 g/mol. The predicted octanol–water partition coefficient (Wildman–Crippen LogP) is 5.12. The fourth-order valence-electron chi connectivity index (χ4n) is 4.47. The summed E-state index contributed by atoms with van der Waals surface area (Å²) < 4.78 is 5.74. The minimum atomic E-state index is -1.22. The van der Waals surface area contributed by atoms with Crippen LogP contribution in [0.1, 0.15) is 29.0 Å². The first kappa shape index (κ1) is 23.6. The Bertz CT molecular complexity index is 1180. The molecule has 5 heteroatoms. The molecule has 0 aliphatic rings. The topological polar surface area (TPSA) is 58.5 Å². The van der Waals surface area contributed by atoms with E-state index in [1.807, 2.05) is 87.2 Å². The van der Waals surface area contributed by atoms with Crippen LogP contribution in [0.15, 0.2) is 97.5 Å². The van der Waals surface area contributed by atoms with E-state index in [1.54, 1.807) is 13.3 Å². The van der Waals surface area contributed by atoms with Crippen molar-refractivity contribution in [1.29, 1.82) is 0 Å². The van der Waals surface area contributed by atoms with Crippen molar-refractivity contribution in [2.45, 2.75) is 17.9 Å². The summed E-state index contributed by atoms with van der Waals surface area (Å²) in [6.07, 6.45) is 5.91. The molecule has 2 atom stereocenters. The van der Waals surface area contributed by atoms with Crippen LogP contribution in [0, 0.1) is 0 Å². The average molecular weight is 454 g/mol. The molecule has 0 bridgehead atoms. The molecule has 2 aromatic heterocycles. The second-order valence-electron chi connectivity index (χ2n) is 8.75. The number of pyridine rings is 2. The zero-order chi connectivity index (χ0) is 24.0. The average Bonchev–Trinajstić information content (AvgIpc) is 2.89. The van der Waals surface area contributed by atoms with Gasteiger partial charge in [-0.05, 0) is 49.3 Å². The van der Waals surface area contributed by atoms with Crippen molar-refractivity contribution in [1.82, 2.24) is 14.9 Å². The lowest BCUT2D eigenvalue weighted by Crippen LogP contribution is -2.37. The van der Waals surface area contributed by atoms with E-state index >= 15 is 0 Å². The Morgan fingerprint density at radius 3 is 2.24 bits per heavy atom. The van der Waals surface area contributed by atoms with Gasteiger partial charge in [-0.3, -0.25) is 4.98 Å². The number of aliphatic hydroxyl groups is 1. The molecule has 0 saturated heterocycles. The van der Waals surface area contributed by atoms with Gasteiger partial charge in [0.25, 0.3) is 0 Å². The van der Waals surface area contributed by atoms with Gasteiger partial charge in [0.2, 0.25) is 5.88 Å². The molecule has 0 spiro atoms. The van der Waals surface area contributed by atoms with Crippen molar-refractivity contribution >= 4 is 0 Å². The van der Waals surface area contributed by atoms with Crippen molar-refractivity contribution in [2.24, 2.45) is 0 Å². The summed E-state index contributed by atoms with van der Waals surface area (Å²) in [6, 6.07) is 26.0. The number of nitrogens with zero attached hydrogens (tertiary/aromatic N) is 3. The van der Waals surface area contributed by atoms with Crippen LogP contribution in [0.2, 0.25) is 0 Å². The molecule has 2 aromatic carbocycles. The van der Waals surface area contributed by atoms with Crippen LogP contribution in [0.3, 0.4) is 0 Å². The van der Waals surface area contributed by atoms with Gasteiger partial charge in [0.15, 0.2) is 0 Å². The van der Waals surface area contributed by atoms with E-state index in [-0.39, 0.29) is 0 Å². The summed E-state index contributed by atoms with van der Waals surface area (Å²) in [6.45, 7) is 0.705. The number of methoxy groups -OCH3 is 1. The van der Waals surface area contributed by atoms with Crippen LogP contribution in [0.5, 0.6) is 5.88 Å². The maximum atomic E-state index is 12.5. The third-order valence-corrected chi connectivity index (χ3v) is 6.20. The highest BCUT2D eigenvalue weighted by atomic mass is 16.5. The van der Waals surface area contributed by atoms with Crippen molar-refractivity contribution in [3.05, 3.63) is 114 Å². The molecule has 0 fully saturated rings. The summed E-state index contributed by atoms with van der Waals surface area (Å²) in [7, 11) is 5.65. The molecular formula is C29H31N3O2. The van der Waals surface area contributed by atoms with Crippen molar-refractivity contribution in [3.63, 3.8) is 0 Å². The quantitative estimate of drug-likeness (QED) is 0.381. The van der Waals surface area contributed by atoms with Gasteiger partial charge in [-0.25, -0.2) is 4.98 Å². The molecule has 4 rings (SSSR count). The second-order valence-corrected chi connectivity index (χ2v) is 8.75. The Morgan fingerprint density at radius 1 is 0.912 bits per heavy atom. The van der Waals surface area contributed by atoms with Gasteiger partial charge >= 0.3 is 0 Å². The van der Waals surface area contributed by atoms with E-state index in [0.717, 1.165) is 27.8 Å². The van der Waals surface area contributed by atoms with Crippen LogP contribution in [-0.2, 0) is 5.60 Å². The maximum absolute atomic E-state index is 12.5. The number of benzene rings is 2. The maximum Gasteiger partial charge on any atom is 0.217 e. The molecule has 0 saturated carbocycles. The summed E-state index contributed by atoms with van der Waals surface area (Å²) in [5.74, 6) is 0.0439. The number of hydrogen-bond donors (Lipinski definition) is 1.